The third-order valence-corrected chi connectivity index (χ3v) is 3.22. The lowest BCUT2D eigenvalue weighted by molar-refractivity contribution is -0.120. The number of hydrogen-bond donors (Lipinski definition) is 1. The molecule has 1 N–H and O–H groups in total. The van der Waals surface area contributed by atoms with E-state index in [0.717, 1.165) is 11.1 Å². The van der Waals surface area contributed by atoms with E-state index in [1.165, 1.54) is 4.90 Å². The van der Waals surface area contributed by atoms with E-state index in [9.17, 15) is 13.2 Å². The lowest BCUT2D eigenvalue weighted by Crippen LogP contribution is -2.40. The van der Waals surface area contributed by atoms with Crippen LogP contribution in [0.15, 0.2) is 18.2 Å². The third kappa shape index (κ3) is 5.96. The number of anilines is 1. The van der Waals surface area contributed by atoms with Crippen molar-refractivity contribution >= 4 is 5.69 Å². The molecule has 5 heteroatoms. The molecule has 0 aliphatic rings. The fourth-order valence-corrected chi connectivity index (χ4v) is 2.19. The molecule has 0 bridgehead atoms. The van der Waals surface area contributed by atoms with Gasteiger partial charge in [-0.05, 0) is 32.4 Å². The summed E-state index contributed by atoms with van der Waals surface area (Å²) in [6.45, 7) is 9.19. The summed E-state index contributed by atoms with van der Waals surface area (Å²) in [5, 5.41) is 3.28. The highest BCUT2D eigenvalue weighted by Crippen LogP contribution is 2.28. The van der Waals surface area contributed by atoms with Gasteiger partial charge in [0.2, 0.25) is 0 Å². The van der Waals surface area contributed by atoms with Crippen molar-refractivity contribution in [1.82, 2.24) is 5.32 Å². The minimum absolute atomic E-state index is 0.216. The summed E-state index contributed by atoms with van der Waals surface area (Å²) >= 11 is 0. The summed E-state index contributed by atoms with van der Waals surface area (Å²) in [5.74, 6) is 0. The van der Waals surface area contributed by atoms with Crippen LogP contribution in [-0.4, -0.2) is 24.8 Å². The predicted molar refractivity (Wildman–Crippen MR) is 81.7 cm³/mol. The molecule has 1 rings (SSSR count). The Morgan fingerprint density at radius 3 is 2.24 bits per heavy atom. The second-order valence-corrected chi connectivity index (χ2v) is 6.00. The van der Waals surface area contributed by atoms with Crippen LogP contribution in [0.5, 0.6) is 0 Å². The topological polar surface area (TPSA) is 15.3 Å². The van der Waals surface area contributed by atoms with Crippen molar-refractivity contribution in [3.8, 4) is 0 Å². The Morgan fingerprint density at radius 2 is 1.76 bits per heavy atom. The van der Waals surface area contributed by atoms with Gasteiger partial charge in [-0.3, -0.25) is 0 Å². The van der Waals surface area contributed by atoms with E-state index < -0.39 is 12.7 Å². The second-order valence-electron chi connectivity index (χ2n) is 6.00. The fraction of sp³-hybridized carbons (Fsp3) is 0.625. The minimum Gasteiger partial charge on any atom is -0.360 e. The summed E-state index contributed by atoms with van der Waals surface area (Å²) in [4.78, 5) is 1.41. The van der Waals surface area contributed by atoms with Gasteiger partial charge in [0, 0.05) is 24.3 Å². The number of aryl methyl sites for hydroxylation is 1. The van der Waals surface area contributed by atoms with Gasteiger partial charge in [0.1, 0.15) is 6.54 Å². The van der Waals surface area contributed by atoms with Gasteiger partial charge in [-0.25, -0.2) is 0 Å². The van der Waals surface area contributed by atoms with Crippen LogP contribution in [0.25, 0.3) is 0 Å². The zero-order valence-corrected chi connectivity index (χ0v) is 13.4. The summed E-state index contributed by atoms with van der Waals surface area (Å²) in [7, 11) is 0. The molecule has 1 aromatic rings. The Labute approximate surface area is 125 Å². The van der Waals surface area contributed by atoms with Gasteiger partial charge in [0.25, 0.3) is 0 Å². The molecular formula is C16H25F3N2. The quantitative estimate of drug-likeness (QED) is 0.844. The van der Waals surface area contributed by atoms with Crippen LogP contribution in [0.1, 0.15) is 38.8 Å². The zero-order valence-electron chi connectivity index (χ0n) is 13.4. The van der Waals surface area contributed by atoms with E-state index in [1.54, 1.807) is 19.9 Å². The maximum absolute atomic E-state index is 12.8. The van der Waals surface area contributed by atoms with E-state index in [0.29, 0.717) is 12.2 Å². The molecule has 0 fully saturated rings. The highest BCUT2D eigenvalue weighted by Gasteiger charge is 2.32. The number of hydrogen-bond acceptors (Lipinski definition) is 2. The number of nitrogens with zero attached hydrogens (tertiary/aromatic N) is 1. The molecular weight excluding hydrogens is 277 g/mol. The zero-order chi connectivity index (χ0) is 16.2. The molecule has 1 aromatic carbocycles. The minimum atomic E-state index is -4.21. The average molecular weight is 302 g/mol. The molecule has 21 heavy (non-hydrogen) atoms. The van der Waals surface area contributed by atoms with Crippen LogP contribution in [0.2, 0.25) is 0 Å². The lowest BCUT2D eigenvalue weighted by Gasteiger charge is -2.32. The molecule has 2 nitrogen and oxygen atoms in total. The maximum Gasteiger partial charge on any atom is 0.405 e. The van der Waals surface area contributed by atoms with Crippen molar-refractivity contribution in [2.75, 3.05) is 11.4 Å². The highest BCUT2D eigenvalue weighted by molar-refractivity contribution is 5.56. The monoisotopic (exact) mass is 302 g/mol. The number of nitrogens with one attached hydrogen (secondary N) is 1. The number of benzene rings is 1. The van der Waals surface area contributed by atoms with Crippen LogP contribution in [0.4, 0.5) is 18.9 Å². The SMILES string of the molecule is Cc1ccc(N(CC(F)(F)F)C(C)C)c(CNC(C)C)c1. The van der Waals surface area contributed by atoms with Crippen LogP contribution in [-0.2, 0) is 6.54 Å². The van der Waals surface area contributed by atoms with Crippen molar-refractivity contribution in [2.45, 2.75) is 59.4 Å². The summed E-state index contributed by atoms with van der Waals surface area (Å²) < 4.78 is 38.5. The van der Waals surface area contributed by atoms with Crippen molar-refractivity contribution in [3.63, 3.8) is 0 Å². The van der Waals surface area contributed by atoms with E-state index in [4.69, 9.17) is 0 Å². The molecule has 0 atom stereocenters. The van der Waals surface area contributed by atoms with Crippen LogP contribution in [0, 0.1) is 6.92 Å². The van der Waals surface area contributed by atoms with Crippen molar-refractivity contribution in [3.05, 3.63) is 29.3 Å². The Bertz CT molecular complexity index is 453. The Hall–Kier alpha value is -1.23. The Balaban J connectivity index is 3.11. The average Bonchev–Trinajstić information content (AvgIpc) is 2.32. The number of rotatable bonds is 6. The van der Waals surface area contributed by atoms with Gasteiger partial charge < -0.3 is 10.2 Å². The van der Waals surface area contributed by atoms with Crippen molar-refractivity contribution in [1.29, 1.82) is 0 Å². The first-order chi connectivity index (χ1) is 9.60. The van der Waals surface area contributed by atoms with Crippen LogP contribution in [0.3, 0.4) is 0 Å². The molecule has 0 aromatic heterocycles. The number of alkyl halides is 3. The molecule has 120 valence electrons. The first kappa shape index (κ1) is 17.8. The fourth-order valence-electron chi connectivity index (χ4n) is 2.19. The van der Waals surface area contributed by atoms with Gasteiger partial charge in [-0.2, -0.15) is 13.2 Å². The molecule has 0 saturated carbocycles. The van der Waals surface area contributed by atoms with E-state index in [2.05, 4.69) is 5.32 Å². The lowest BCUT2D eigenvalue weighted by atomic mass is 10.1. The smallest absolute Gasteiger partial charge is 0.360 e. The molecule has 0 spiro atoms. The second kappa shape index (κ2) is 7.16. The van der Waals surface area contributed by atoms with E-state index in [-0.39, 0.29) is 12.1 Å². The van der Waals surface area contributed by atoms with Crippen molar-refractivity contribution < 1.29 is 13.2 Å². The largest absolute Gasteiger partial charge is 0.405 e. The van der Waals surface area contributed by atoms with Crippen molar-refractivity contribution in [2.24, 2.45) is 0 Å². The molecule has 0 radical (unpaired) electrons. The summed E-state index contributed by atoms with van der Waals surface area (Å²) in [5.41, 5.74) is 2.61. The molecule has 0 aliphatic carbocycles. The molecule has 0 aliphatic heterocycles. The van der Waals surface area contributed by atoms with Gasteiger partial charge in [0.15, 0.2) is 0 Å². The van der Waals surface area contributed by atoms with E-state index >= 15 is 0 Å². The van der Waals surface area contributed by atoms with Gasteiger partial charge in [0.05, 0.1) is 0 Å². The molecule has 0 heterocycles. The van der Waals surface area contributed by atoms with Crippen LogP contribution >= 0.6 is 0 Å². The van der Waals surface area contributed by atoms with Gasteiger partial charge in [-0.15, -0.1) is 0 Å². The highest BCUT2D eigenvalue weighted by atomic mass is 19.4. The van der Waals surface area contributed by atoms with Crippen LogP contribution < -0.4 is 10.2 Å². The standard InChI is InChI=1S/C16H25F3N2/c1-11(2)20-9-14-8-13(5)6-7-15(14)21(12(3)4)10-16(17,18)19/h6-8,11-12,20H,9-10H2,1-5H3. The summed E-state index contributed by atoms with van der Waals surface area (Å²) in [6, 6.07) is 5.68. The Morgan fingerprint density at radius 1 is 1.14 bits per heavy atom. The maximum atomic E-state index is 12.8. The molecule has 0 saturated heterocycles. The molecule has 0 amide bonds. The van der Waals surface area contributed by atoms with Gasteiger partial charge >= 0.3 is 6.18 Å². The van der Waals surface area contributed by atoms with E-state index in [1.807, 2.05) is 32.9 Å². The Kier molecular flexibility index (Phi) is 6.08. The summed E-state index contributed by atoms with van der Waals surface area (Å²) in [6.07, 6.45) is -4.21. The predicted octanol–water partition coefficient (Wildman–Crippen LogP) is 4.27. The normalized spacial score (nSPS) is 12.3. The first-order valence-corrected chi connectivity index (χ1v) is 7.26. The number of halogens is 3. The first-order valence-electron chi connectivity index (χ1n) is 7.26. The van der Waals surface area contributed by atoms with Gasteiger partial charge in [-0.1, -0.05) is 31.5 Å². The molecule has 0 unspecified atom stereocenters. The third-order valence-electron chi connectivity index (χ3n) is 3.22.